The van der Waals surface area contributed by atoms with E-state index in [0.717, 1.165) is 27.1 Å². The second-order valence-corrected chi connectivity index (χ2v) is 5.96. The summed E-state index contributed by atoms with van der Waals surface area (Å²) in [6, 6.07) is 25.4. The first kappa shape index (κ1) is 15.2. The molecule has 0 saturated carbocycles. The van der Waals surface area contributed by atoms with Crippen LogP contribution in [0.4, 0.5) is 5.69 Å². The average molecular weight is 327 g/mol. The van der Waals surface area contributed by atoms with Crippen molar-refractivity contribution in [1.82, 2.24) is 0 Å². The number of rotatable bonds is 3. The van der Waals surface area contributed by atoms with Crippen LogP contribution in [-0.4, -0.2) is 5.97 Å². The van der Waals surface area contributed by atoms with Gasteiger partial charge in [-0.3, -0.25) is 0 Å². The van der Waals surface area contributed by atoms with Crippen LogP contribution in [0.1, 0.15) is 15.9 Å². The molecule has 4 rings (SSSR count). The van der Waals surface area contributed by atoms with Crippen molar-refractivity contribution in [3.63, 3.8) is 0 Å². The number of anilines is 1. The molecule has 0 fully saturated rings. The van der Waals surface area contributed by atoms with Gasteiger partial charge in [0.15, 0.2) is 0 Å². The molecule has 0 saturated heterocycles. The zero-order valence-corrected chi connectivity index (χ0v) is 13.6. The van der Waals surface area contributed by atoms with Crippen molar-refractivity contribution >= 4 is 33.2 Å². The summed E-state index contributed by atoms with van der Waals surface area (Å²) in [6.45, 7) is 0.203. The van der Waals surface area contributed by atoms with E-state index in [1.54, 1.807) is 24.3 Å². The Labute approximate surface area is 145 Å². The normalized spacial score (nSPS) is 10.9. The van der Waals surface area contributed by atoms with Crippen LogP contribution in [-0.2, 0) is 11.3 Å². The number of nitrogens with two attached hydrogens (primary N) is 1. The minimum atomic E-state index is -0.407. The summed E-state index contributed by atoms with van der Waals surface area (Å²) in [4.78, 5) is 12.4. The molecule has 3 nitrogen and oxygen atoms in total. The number of ether oxygens (including phenoxy) is 1. The summed E-state index contributed by atoms with van der Waals surface area (Å²) in [5, 5.41) is 4.45. The van der Waals surface area contributed by atoms with Gasteiger partial charge in [0, 0.05) is 11.3 Å². The van der Waals surface area contributed by atoms with Crippen molar-refractivity contribution in [3.8, 4) is 0 Å². The lowest BCUT2D eigenvalue weighted by Crippen LogP contribution is -2.08. The zero-order chi connectivity index (χ0) is 17.2. The summed E-state index contributed by atoms with van der Waals surface area (Å²) in [5.74, 6) is -0.407. The topological polar surface area (TPSA) is 52.3 Å². The minimum Gasteiger partial charge on any atom is -0.457 e. The van der Waals surface area contributed by atoms with Crippen molar-refractivity contribution in [3.05, 3.63) is 90.0 Å². The van der Waals surface area contributed by atoms with Crippen LogP contribution in [0.5, 0.6) is 0 Å². The van der Waals surface area contributed by atoms with Crippen LogP contribution in [0.3, 0.4) is 0 Å². The molecule has 0 heterocycles. The molecule has 4 aromatic rings. The van der Waals surface area contributed by atoms with Crippen LogP contribution < -0.4 is 5.73 Å². The Kier molecular flexibility index (Phi) is 3.82. The Balaban J connectivity index is 1.75. The third-order valence-corrected chi connectivity index (χ3v) is 4.41. The summed E-state index contributed by atoms with van der Waals surface area (Å²) in [7, 11) is 0. The highest BCUT2D eigenvalue weighted by atomic mass is 16.5. The number of esters is 1. The average Bonchev–Trinajstić information content (AvgIpc) is 2.65. The van der Waals surface area contributed by atoms with E-state index < -0.39 is 5.97 Å². The molecule has 0 aromatic heterocycles. The summed E-state index contributed by atoms with van der Waals surface area (Å²) in [5.41, 5.74) is 7.70. The van der Waals surface area contributed by atoms with Crippen LogP contribution >= 0.6 is 0 Å². The Hall–Kier alpha value is -3.33. The molecule has 0 bridgehead atoms. The maximum absolute atomic E-state index is 12.4. The molecule has 25 heavy (non-hydrogen) atoms. The number of benzene rings is 4. The molecule has 0 atom stereocenters. The first-order valence-corrected chi connectivity index (χ1v) is 8.15. The molecule has 0 spiro atoms. The first-order chi connectivity index (χ1) is 12.2. The maximum Gasteiger partial charge on any atom is 0.340 e. The quantitative estimate of drug-likeness (QED) is 0.330. The smallest absolute Gasteiger partial charge is 0.340 e. The van der Waals surface area contributed by atoms with Gasteiger partial charge in [0.05, 0.1) is 5.56 Å². The zero-order valence-electron chi connectivity index (χ0n) is 13.6. The maximum atomic E-state index is 12.4. The number of hydrogen-bond acceptors (Lipinski definition) is 3. The molecule has 0 aliphatic rings. The standard InChI is InChI=1S/C22H17NO2/c23-21-12-6-5-11-19(21)22(24)25-14-20-17-9-3-1-7-15(17)13-16-8-2-4-10-18(16)20/h1-13H,14,23H2. The molecular formula is C22H17NO2. The van der Waals surface area contributed by atoms with Gasteiger partial charge in [-0.25, -0.2) is 4.79 Å². The summed E-state index contributed by atoms with van der Waals surface area (Å²) in [6.07, 6.45) is 0. The highest BCUT2D eigenvalue weighted by Gasteiger charge is 2.13. The van der Waals surface area contributed by atoms with Gasteiger partial charge in [0.1, 0.15) is 6.61 Å². The predicted octanol–water partition coefficient (Wildman–Crippen LogP) is 4.93. The lowest BCUT2D eigenvalue weighted by molar-refractivity contribution is 0.0477. The molecule has 0 aliphatic heterocycles. The number of para-hydroxylation sites is 1. The van der Waals surface area contributed by atoms with Crippen LogP contribution in [0, 0.1) is 0 Å². The van der Waals surface area contributed by atoms with E-state index >= 15 is 0 Å². The molecule has 2 N–H and O–H groups in total. The lowest BCUT2D eigenvalue weighted by atomic mass is 9.97. The number of fused-ring (bicyclic) bond motifs is 2. The van der Waals surface area contributed by atoms with Gasteiger partial charge in [0.25, 0.3) is 0 Å². The lowest BCUT2D eigenvalue weighted by Gasteiger charge is -2.12. The number of carbonyl (C=O) groups is 1. The highest BCUT2D eigenvalue weighted by Crippen LogP contribution is 2.29. The van der Waals surface area contributed by atoms with Crippen LogP contribution in [0.15, 0.2) is 78.9 Å². The van der Waals surface area contributed by atoms with Crippen molar-refractivity contribution in [2.45, 2.75) is 6.61 Å². The fraction of sp³-hybridized carbons (Fsp3) is 0.0455. The Morgan fingerprint density at radius 1 is 0.800 bits per heavy atom. The fourth-order valence-electron chi connectivity index (χ4n) is 3.16. The Morgan fingerprint density at radius 2 is 1.36 bits per heavy atom. The SMILES string of the molecule is Nc1ccccc1C(=O)OCc1c2ccccc2cc2ccccc12. The van der Waals surface area contributed by atoms with Crippen LogP contribution in [0.2, 0.25) is 0 Å². The van der Waals surface area contributed by atoms with E-state index in [2.05, 4.69) is 30.3 Å². The molecule has 0 amide bonds. The van der Waals surface area contributed by atoms with Crippen LogP contribution in [0.25, 0.3) is 21.5 Å². The fourth-order valence-corrected chi connectivity index (χ4v) is 3.16. The molecular weight excluding hydrogens is 310 g/mol. The Bertz CT molecular complexity index is 1030. The number of hydrogen-bond donors (Lipinski definition) is 1. The van der Waals surface area contributed by atoms with Gasteiger partial charge in [-0.2, -0.15) is 0 Å². The van der Waals surface area contributed by atoms with E-state index in [0.29, 0.717) is 11.3 Å². The van der Waals surface area contributed by atoms with Gasteiger partial charge < -0.3 is 10.5 Å². The van der Waals surface area contributed by atoms with Gasteiger partial charge in [-0.1, -0.05) is 60.7 Å². The number of carbonyl (C=O) groups excluding carboxylic acids is 1. The van der Waals surface area contributed by atoms with Crippen molar-refractivity contribution in [1.29, 1.82) is 0 Å². The molecule has 0 aliphatic carbocycles. The second-order valence-electron chi connectivity index (χ2n) is 5.96. The van der Waals surface area contributed by atoms with E-state index in [-0.39, 0.29) is 6.61 Å². The van der Waals surface area contributed by atoms with Crippen molar-refractivity contribution in [2.75, 3.05) is 5.73 Å². The largest absolute Gasteiger partial charge is 0.457 e. The number of nitrogen functional groups attached to an aromatic ring is 1. The summed E-state index contributed by atoms with van der Waals surface area (Å²) < 4.78 is 5.59. The van der Waals surface area contributed by atoms with Gasteiger partial charge in [-0.15, -0.1) is 0 Å². The van der Waals surface area contributed by atoms with Gasteiger partial charge in [-0.05, 0) is 39.7 Å². The third kappa shape index (κ3) is 2.81. The molecule has 122 valence electrons. The van der Waals surface area contributed by atoms with E-state index in [1.807, 2.05) is 24.3 Å². The van der Waals surface area contributed by atoms with Gasteiger partial charge in [0.2, 0.25) is 0 Å². The van der Waals surface area contributed by atoms with E-state index in [9.17, 15) is 4.79 Å². The van der Waals surface area contributed by atoms with E-state index in [4.69, 9.17) is 10.5 Å². The van der Waals surface area contributed by atoms with Gasteiger partial charge >= 0.3 is 5.97 Å². The van der Waals surface area contributed by atoms with Crippen molar-refractivity contribution < 1.29 is 9.53 Å². The third-order valence-electron chi connectivity index (χ3n) is 4.41. The summed E-state index contributed by atoms with van der Waals surface area (Å²) >= 11 is 0. The molecule has 4 aromatic carbocycles. The molecule has 0 unspecified atom stereocenters. The molecule has 3 heteroatoms. The monoisotopic (exact) mass is 327 g/mol. The molecule has 0 radical (unpaired) electrons. The predicted molar refractivity (Wildman–Crippen MR) is 101 cm³/mol. The minimum absolute atomic E-state index is 0.203. The Morgan fingerprint density at radius 3 is 2.00 bits per heavy atom. The van der Waals surface area contributed by atoms with E-state index in [1.165, 1.54) is 0 Å². The first-order valence-electron chi connectivity index (χ1n) is 8.15. The highest BCUT2D eigenvalue weighted by molar-refractivity contribution is 6.02. The van der Waals surface area contributed by atoms with Crippen molar-refractivity contribution in [2.24, 2.45) is 0 Å². The second kappa shape index (κ2) is 6.29.